The van der Waals surface area contributed by atoms with Gasteiger partial charge < -0.3 is 9.80 Å². The number of carbonyl (C=O) groups excluding carboxylic acids is 2. The molecule has 5 heteroatoms. The molecule has 0 spiro atoms. The van der Waals surface area contributed by atoms with Gasteiger partial charge in [-0.05, 0) is 42.7 Å². The van der Waals surface area contributed by atoms with Gasteiger partial charge in [0.2, 0.25) is 5.91 Å². The SMILES string of the molecule is O=C(c1ccccc1)N1CC(C(=O)N2CCCC2)C(c2ccc(F)cc2)C1. The molecular formula is C22H23FN2O2. The van der Waals surface area contributed by atoms with Crippen molar-refractivity contribution in [3.63, 3.8) is 0 Å². The molecule has 27 heavy (non-hydrogen) atoms. The van der Waals surface area contributed by atoms with Crippen LogP contribution in [0.2, 0.25) is 0 Å². The van der Waals surface area contributed by atoms with Crippen LogP contribution in [-0.2, 0) is 4.79 Å². The molecule has 140 valence electrons. The zero-order valence-electron chi connectivity index (χ0n) is 15.2. The largest absolute Gasteiger partial charge is 0.342 e. The van der Waals surface area contributed by atoms with Crippen molar-refractivity contribution in [2.24, 2.45) is 5.92 Å². The van der Waals surface area contributed by atoms with Crippen LogP contribution in [0.25, 0.3) is 0 Å². The minimum absolute atomic E-state index is 0.0561. The van der Waals surface area contributed by atoms with Gasteiger partial charge in [0.1, 0.15) is 5.82 Å². The molecule has 2 unspecified atom stereocenters. The van der Waals surface area contributed by atoms with Crippen molar-refractivity contribution in [1.29, 1.82) is 0 Å². The molecule has 2 aliphatic heterocycles. The van der Waals surface area contributed by atoms with Gasteiger partial charge in [-0.25, -0.2) is 4.39 Å². The fraction of sp³-hybridized carbons (Fsp3) is 0.364. The minimum atomic E-state index is -0.295. The van der Waals surface area contributed by atoms with Gasteiger partial charge in [-0.3, -0.25) is 9.59 Å². The van der Waals surface area contributed by atoms with Crippen LogP contribution in [0.4, 0.5) is 4.39 Å². The van der Waals surface area contributed by atoms with Crippen LogP contribution in [0.5, 0.6) is 0 Å². The predicted octanol–water partition coefficient (Wildman–Crippen LogP) is 3.30. The second-order valence-corrected chi connectivity index (χ2v) is 7.37. The highest BCUT2D eigenvalue weighted by molar-refractivity contribution is 5.95. The lowest BCUT2D eigenvalue weighted by Crippen LogP contribution is -2.37. The van der Waals surface area contributed by atoms with Crippen molar-refractivity contribution in [3.05, 3.63) is 71.5 Å². The van der Waals surface area contributed by atoms with Gasteiger partial charge in [0.25, 0.3) is 5.91 Å². The van der Waals surface area contributed by atoms with Crippen molar-refractivity contribution in [2.45, 2.75) is 18.8 Å². The number of benzene rings is 2. The lowest BCUT2D eigenvalue weighted by atomic mass is 9.88. The number of carbonyl (C=O) groups is 2. The molecule has 0 radical (unpaired) electrons. The number of halogens is 1. The Morgan fingerprint density at radius 2 is 1.52 bits per heavy atom. The van der Waals surface area contributed by atoms with Crippen LogP contribution >= 0.6 is 0 Å². The van der Waals surface area contributed by atoms with Crippen LogP contribution in [0.3, 0.4) is 0 Å². The third-order valence-corrected chi connectivity index (χ3v) is 5.66. The molecule has 0 aliphatic carbocycles. The Kier molecular flexibility index (Phi) is 4.92. The maximum absolute atomic E-state index is 13.4. The van der Waals surface area contributed by atoms with Crippen molar-refractivity contribution >= 4 is 11.8 Å². The summed E-state index contributed by atoms with van der Waals surface area (Å²) in [6.07, 6.45) is 2.07. The molecule has 2 fully saturated rings. The number of hydrogen-bond donors (Lipinski definition) is 0. The number of nitrogens with zero attached hydrogens (tertiary/aromatic N) is 2. The van der Waals surface area contributed by atoms with E-state index in [4.69, 9.17) is 0 Å². The molecule has 4 rings (SSSR count). The second kappa shape index (κ2) is 7.51. The van der Waals surface area contributed by atoms with Gasteiger partial charge in [-0.15, -0.1) is 0 Å². The van der Waals surface area contributed by atoms with E-state index in [9.17, 15) is 14.0 Å². The number of rotatable bonds is 3. The van der Waals surface area contributed by atoms with E-state index in [1.165, 1.54) is 12.1 Å². The van der Waals surface area contributed by atoms with Crippen LogP contribution < -0.4 is 0 Å². The zero-order chi connectivity index (χ0) is 18.8. The topological polar surface area (TPSA) is 40.6 Å². The lowest BCUT2D eigenvalue weighted by molar-refractivity contribution is -0.134. The fourth-order valence-electron chi connectivity index (χ4n) is 4.20. The highest BCUT2D eigenvalue weighted by Crippen LogP contribution is 2.35. The van der Waals surface area contributed by atoms with Gasteiger partial charge in [0.15, 0.2) is 0 Å². The van der Waals surface area contributed by atoms with Crippen LogP contribution in [0, 0.1) is 11.7 Å². The molecule has 0 aromatic heterocycles. The third-order valence-electron chi connectivity index (χ3n) is 5.66. The standard InChI is InChI=1S/C22H23FN2O2/c23-18-10-8-16(9-11-18)19-14-25(21(26)17-6-2-1-3-7-17)15-20(19)22(27)24-12-4-5-13-24/h1-3,6-11,19-20H,4-5,12-15H2. The Labute approximate surface area is 158 Å². The second-order valence-electron chi connectivity index (χ2n) is 7.37. The predicted molar refractivity (Wildman–Crippen MR) is 101 cm³/mol. The van der Waals surface area contributed by atoms with Gasteiger partial charge in [0.05, 0.1) is 5.92 Å². The Hall–Kier alpha value is -2.69. The average molecular weight is 366 g/mol. The Balaban J connectivity index is 1.61. The maximum Gasteiger partial charge on any atom is 0.253 e. The molecule has 2 atom stereocenters. The molecule has 0 saturated carbocycles. The van der Waals surface area contributed by atoms with Gasteiger partial charge >= 0.3 is 0 Å². The molecule has 2 amide bonds. The van der Waals surface area contributed by atoms with E-state index in [0.29, 0.717) is 18.7 Å². The highest BCUT2D eigenvalue weighted by Gasteiger charge is 2.42. The zero-order valence-corrected chi connectivity index (χ0v) is 15.2. The van der Waals surface area contributed by atoms with Crippen molar-refractivity contribution in [1.82, 2.24) is 9.80 Å². The fourth-order valence-corrected chi connectivity index (χ4v) is 4.20. The van der Waals surface area contributed by atoms with Gasteiger partial charge in [-0.1, -0.05) is 30.3 Å². The molecule has 0 bridgehead atoms. The summed E-state index contributed by atoms with van der Waals surface area (Å²) in [5.41, 5.74) is 1.54. The quantitative estimate of drug-likeness (QED) is 0.836. The first-order valence-corrected chi connectivity index (χ1v) is 9.52. The smallest absolute Gasteiger partial charge is 0.253 e. The molecule has 2 aliphatic rings. The molecule has 4 nitrogen and oxygen atoms in total. The van der Waals surface area contributed by atoms with Crippen molar-refractivity contribution in [3.8, 4) is 0 Å². The van der Waals surface area contributed by atoms with Crippen LogP contribution in [-0.4, -0.2) is 47.8 Å². The minimum Gasteiger partial charge on any atom is -0.342 e. The van der Waals surface area contributed by atoms with E-state index in [0.717, 1.165) is 31.5 Å². The Morgan fingerprint density at radius 1 is 0.852 bits per heavy atom. The van der Waals surface area contributed by atoms with E-state index >= 15 is 0 Å². The lowest BCUT2D eigenvalue weighted by Gasteiger charge is -2.24. The van der Waals surface area contributed by atoms with E-state index in [2.05, 4.69) is 0 Å². The summed E-state index contributed by atoms with van der Waals surface area (Å²) < 4.78 is 13.4. The molecule has 2 aromatic carbocycles. The number of likely N-dealkylation sites (tertiary alicyclic amines) is 2. The average Bonchev–Trinajstić information content (AvgIpc) is 3.38. The van der Waals surface area contributed by atoms with Gasteiger partial charge in [-0.2, -0.15) is 0 Å². The molecule has 2 saturated heterocycles. The number of amides is 2. The summed E-state index contributed by atoms with van der Waals surface area (Å²) in [5, 5.41) is 0. The monoisotopic (exact) mass is 366 g/mol. The first kappa shape index (κ1) is 17.7. The molecule has 2 heterocycles. The normalized spacial score (nSPS) is 22.3. The summed E-state index contributed by atoms with van der Waals surface area (Å²) in [5.74, 6) is -0.617. The summed E-state index contributed by atoms with van der Waals surface area (Å²) in [7, 11) is 0. The first-order chi connectivity index (χ1) is 13.1. The highest BCUT2D eigenvalue weighted by atomic mass is 19.1. The molecule has 2 aromatic rings. The van der Waals surface area contributed by atoms with Crippen molar-refractivity contribution in [2.75, 3.05) is 26.2 Å². The van der Waals surface area contributed by atoms with E-state index in [1.54, 1.807) is 29.2 Å². The molecular weight excluding hydrogens is 343 g/mol. The Morgan fingerprint density at radius 3 is 2.19 bits per heavy atom. The third kappa shape index (κ3) is 3.59. The van der Waals surface area contributed by atoms with E-state index in [1.807, 2.05) is 23.1 Å². The first-order valence-electron chi connectivity index (χ1n) is 9.52. The van der Waals surface area contributed by atoms with E-state index < -0.39 is 0 Å². The Bertz CT molecular complexity index is 816. The summed E-state index contributed by atoms with van der Waals surface area (Å²) in [6, 6.07) is 15.5. The maximum atomic E-state index is 13.4. The summed E-state index contributed by atoms with van der Waals surface area (Å²) in [6.45, 7) is 2.46. The van der Waals surface area contributed by atoms with Crippen LogP contribution in [0.15, 0.2) is 54.6 Å². The summed E-state index contributed by atoms with van der Waals surface area (Å²) >= 11 is 0. The van der Waals surface area contributed by atoms with Gasteiger partial charge in [0, 0.05) is 37.7 Å². The van der Waals surface area contributed by atoms with E-state index in [-0.39, 0.29) is 29.5 Å². The molecule has 0 N–H and O–H groups in total. The number of hydrogen-bond acceptors (Lipinski definition) is 2. The van der Waals surface area contributed by atoms with Crippen molar-refractivity contribution < 1.29 is 14.0 Å². The summed E-state index contributed by atoms with van der Waals surface area (Å²) in [4.78, 5) is 29.7. The van der Waals surface area contributed by atoms with Crippen LogP contribution in [0.1, 0.15) is 34.7 Å².